The molecule has 1 aliphatic rings. The Morgan fingerprint density at radius 2 is 1.90 bits per heavy atom. The summed E-state index contributed by atoms with van der Waals surface area (Å²) in [7, 11) is 0. The molecule has 1 aromatic heterocycles. The van der Waals surface area contributed by atoms with Crippen molar-refractivity contribution in [3.63, 3.8) is 0 Å². The normalized spacial score (nSPS) is 15.0. The van der Waals surface area contributed by atoms with Gasteiger partial charge in [0.05, 0.1) is 23.4 Å². The van der Waals surface area contributed by atoms with Crippen LogP contribution in [0.5, 0.6) is 0 Å². The Morgan fingerprint density at radius 3 is 2.62 bits per heavy atom. The molecule has 1 saturated heterocycles. The fourth-order valence-electron chi connectivity index (χ4n) is 3.65. The van der Waals surface area contributed by atoms with Crippen molar-refractivity contribution in [2.24, 2.45) is 0 Å². The Morgan fingerprint density at radius 1 is 1.14 bits per heavy atom. The van der Waals surface area contributed by atoms with E-state index in [9.17, 15) is 4.79 Å². The molecule has 0 spiro atoms. The van der Waals surface area contributed by atoms with Crippen molar-refractivity contribution in [1.82, 2.24) is 9.88 Å². The second kappa shape index (κ2) is 8.61. The molecule has 0 radical (unpaired) electrons. The fourth-order valence-corrected chi connectivity index (χ4v) is 4.78. The lowest BCUT2D eigenvalue weighted by molar-refractivity contribution is 0.0391. The number of ether oxygens (including phenoxy) is 1. The topological polar surface area (TPSA) is 45.7 Å². The number of thiazole rings is 1. The zero-order valence-corrected chi connectivity index (χ0v) is 18.1. The van der Waals surface area contributed by atoms with Crippen LogP contribution in [0.1, 0.15) is 27.0 Å². The van der Waals surface area contributed by atoms with Crippen LogP contribution in [-0.2, 0) is 4.74 Å². The molecule has 152 valence electrons. The number of carbonyl (C=O) groups excluding carboxylic acids is 1. The number of aryl methyl sites for hydroxylation is 3. The molecular weight excluding hydrogens is 382 g/mol. The number of benzene rings is 2. The van der Waals surface area contributed by atoms with Crippen molar-refractivity contribution in [3.8, 4) is 0 Å². The number of morpholine rings is 1. The van der Waals surface area contributed by atoms with Crippen LogP contribution < -0.4 is 4.90 Å². The van der Waals surface area contributed by atoms with E-state index in [2.05, 4.69) is 30.9 Å². The van der Waals surface area contributed by atoms with Crippen molar-refractivity contribution in [1.29, 1.82) is 0 Å². The van der Waals surface area contributed by atoms with E-state index in [0.717, 1.165) is 59.3 Å². The van der Waals surface area contributed by atoms with Gasteiger partial charge in [-0.1, -0.05) is 41.2 Å². The quantitative estimate of drug-likeness (QED) is 0.634. The molecule has 0 N–H and O–H groups in total. The Balaban J connectivity index is 1.68. The van der Waals surface area contributed by atoms with Gasteiger partial charge in [-0.05, 0) is 44.0 Å². The lowest BCUT2D eigenvalue weighted by Gasteiger charge is -2.29. The third-order valence-electron chi connectivity index (χ3n) is 5.42. The molecule has 1 amide bonds. The van der Waals surface area contributed by atoms with Gasteiger partial charge in [0.2, 0.25) is 0 Å². The van der Waals surface area contributed by atoms with E-state index < -0.39 is 0 Å². The van der Waals surface area contributed by atoms with Gasteiger partial charge in [0.15, 0.2) is 5.13 Å². The first-order valence-corrected chi connectivity index (χ1v) is 10.9. The van der Waals surface area contributed by atoms with Gasteiger partial charge in [0.1, 0.15) is 0 Å². The predicted octanol–water partition coefficient (Wildman–Crippen LogP) is 4.20. The molecule has 4 rings (SSSR count). The van der Waals surface area contributed by atoms with Gasteiger partial charge in [-0.2, -0.15) is 0 Å². The van der Waals surface area contributed by atoms with Crippen LogP contribution in [-0.4, -0.2) is 55.2 Å². The van der Waals surface area contributed by atoms with Crippen molar-refractivity contribution >= 4 is 32.6 Å². The van der Waals surface area contributed by atoms with Crippen molar-refractivity contribution in [2.45, 2.75) is 20.8 Å². The summed E-state index contributed by atoms with van der Waals surface area (Å²) in [6, 6.07) is 12.0. The number of nitrogens with zero attached hydrogens (tertiary/aromatic N) is 3. The summed E-state index contributed by atoms with van der Waals surface area (Å²) in [6.45, 7) is 10.9. The van der Waals surface area contributed by atoms with E-state index in [-0.39, 0.29) is 5.91 Å². The smallest absolute Gasteiger partial charge is 0.260 e. The molecule has 6 heteroatoms. The van der Waals surface area contributed by atoms with Gasteiger partial charge >= 0.3 is 0 Å². The molecule has 2 heterocycles. The van der Waals surface area contributed by atoms with E-state index >= 15 is 0 Å². The van der Waals surface area contributed by atoms with Crippen molar-refractivity contribution in [3.05, 3.63) is 58.7 Å². The van der Waals surface area contributed by atoms with E-state index in [0.29, 0.717) is 12.1 Å². The van der Waals surface area contributed by atoms with Gasteiger partial charge in [-0.25, -0.2) is 4.98 Å². The summed E-state index contributed by atoms with van der Waals surface area (Å²) in [6.07, 6.45) is 0. The maximum atomic E-state index is 13.5. The Kier molecular flexibility index (Phi) is 5.94. The molecule has 5 nitrogen and oxygen atoms in total. The highest BCUT2D eigenvalue weighted by atomic mass is 32.1. The molecule has 0 atom stereocenters. The van der Waals surface area contributed by atoms with E-state index in [1.165, 1.54) is 5.56 Å². The van der Waals surface area contributed by atoms with Crippen LogP contribution in [0.2, 0.25) is 0 Å². The van der Waals surface area contributed by atoms with Crippen molar-refractivity contribution in [2.75, 3.05) is 44.3 Å². The van der Waals surface area contributed by atoms with E-state index in [4.69, 9.17) is 9.72 Å². The minimum atomic E-state index is 0.0105. The highest BCUT2D eigenvalue weighted by Gasteiger charge is 2.23. The molecule has 29 heavy (non-hydrogen) atoms. The van der Waals surface area contributed by atoms with Crippen LogP contribution in [0.4, 0.5) is 5.13 Å². The number of hydrogen-bond donors (Lipinski definition) is 0. The summed E-state index contributed by atoms with van der Waals surface area (Å²) >= 11 is 1.61. The fraction of sp³-hybridized carbons (Fsp3) is 0.391. The second-order valence-corrected chi connectivity index (χ2v) is 8.63. The van der Waals surface area contributed by atoms with E-state index in [1.807, 2.05) is 36.1 Å². The average Bonchev–Trinajstić information content (AvgIpc) is 3.18. The standard InChI is InChI=1S/C23H27N3O2S/c1-16-5-4-6-19(15-16)22(27)26(10-9-25-11-13-28-14-12-25)23-24-20-17(2)7-8-18(3)21(20)29-23/h4-8,15H,9-14H2,1-3H3. The lowest BCUT2D eigenvalue weighted by Crippen LogP contribution is -2.43. The van der Waals surface area contributed by atoms with Crippen molar-refractivity contribution < 1.29 is 9.53 Å². The molecule has 0 saturated carbocycles. The first-order valence-electron chi connectivity index (χ1n) is 10.1. The third-order valence-corrected chi connectivity index (χ3v) is 6.63. The number of amides is 1. The summed E-state index contributed by atoms with van der Waals surface area (Å²) in [4.78, 5) is 22.6. The number of fused-ring (bicyclic) bond motifs is 1. The molecule has 3 aromatic rings. The predicted molar refractivity (Wildman–Crippen MR) is 119 cm³/mol. The first-order chi connectivity index (χ1) is 14.0. The Labute approximate surface area is 175 Å². The molecule has 1 aliphatic heterocycles. The van der Waals surface area contributed by atoms with Crippen LogP contribution >= 0.6 is 11.3 Å². The van der Waals surface area contributed by atoms with Crippen LogP contribution in [0.15, 0.2) is 36.4 Å². The van der Waals surface area contributed by atoms with Crippen LogP contribution in [0.25, 0.3) is 10.2 Å². The number of anilines is 1. The molecular formula is C23H27N3O2S. The molecule has 0 aliphatic carbocycles. The summed E-state index contributed by atoms with van der Waals surface area (Å²) in [5, 5.41) is 0.775. The number of aromatic nitrogens is 1. The summed E-state index contributed by atoms with van der Waals surface area (Å²) < 4.78 is 6.62. The van der Waals surface area contributed by atoms with E-state index in [1.54, 1.807) is 11.3 Å². The zero-order chi connectivity index (χ0) is 20.4. The van der Waals surface area contributed by atoms with Gasteiger partial charge in [0.25, 0.3) is 5.91 Å². The molecule has 0 bridgehead atoms. The third kappa shape index (κ3) is 4.34. The highest BCUT2D eigenvalue weighted by Crippen LogP contribution is 2.33. The maximum absolute atomic E-state index is 13.5. The Hall–Kier alpha value is -2.28. The van der Waals surface area contributed by atoms with Crippen LogP contribution in [0, 0.1) is 20.8 Å². The number of rotatable bonds is 5. The molecule has 0 unspecified atom stereocenters. The monoisotopic (exact) mass is 409 g/mol. The first kappa shape index (κ1) is 20.0. The van der Waals surface area contributed by atoms with Gasteiger partial charge in [0, 0.05) is 31.7 Å². The van der Waals surface area contributed by atoms with Gasteiger partial charge in [-0.3, -0.25) is 14.6 Å². The average molecular weight is 410 g/mol. The number of carbonyl (C=O) groups is 1. The minimum absolute atomic E-state index is 0.0105. The van der Waals surface area contributed by atoms with Crippen LogP contribution in [0.3, 0.4) is 0 Å². The molecule has 1 fully saturated rings. The zero-order valence-electron chi connectivity index (χ0n) is 17.3. The SMILES string of the molecule is Cc1cccc(C(=O)N(CCN2CCOCC2)c2nc3c(C)ccc(C)c3s2)c1. The van der Waals surface area contributed by atoms with Gasteiger partial charge < -0.3 is 4.74 Å². The number of hydrogen-bond acceptors (Lipinski definition) is 5. The minimum Gasteiger partial charge on any atom is -0.379 e. The maximum Gasteiger partial charge on any atom is 0.260 e. The summed E-state index contributed by atoms with van der Waals surface area (Å²) in [5.41, 5.74) is 5.13. The second-order valence-electron chi connectivity index (χ2n) is 7.65. The largest absolute Gasteiger partial charge is 0.379 e. The Bertz CT molecular complexity index is 985. The molecule has 2 aromatic carbocycles. The lowest BCUT2D eigenvalue weighted by atomic mass is 10.1. The van der Waals surface area contributed by atoms with Gasteiger partial charge in [-0.15, -0.1) is 0 Å². The highest BCUT2D eigenvalue weighted by molar-refractivity contribution is 7.22. The summed E-state index contributed by atoms with van der Waals surface area (Å²) in [5.74, 6) is 0.0105.